The van der Waals surface area contributed by atoms with E-state index in [1.807, 2.05) is 0 Å². The number of carbonyl (C=O) groups excluding carboxylic acids is 1. The summed E-state index contributed by atoms with van der Waals surface area (Å²) < 4.78 is 0. The summed E-state index contributed by atoms with van der Waals surface area (Å²) in [6.07, 6.45) is 5.60. The van der Waals surface area contributed by atoms with Crippen molar-refractivity contribution < 1.29 is 9.90 Å². The van der Waals surface area contributed by atoms with Crippen molar-refractivity contribution in [1.29, 1.82) is 0 Å². The smallest absolute Gasteiger partial charge is 0.255 e. The highest BCUT2D eigenvalue weighted by Crippen LogP contribution is 2.33. The molecule has 1 amide bonds. The van der Waals surface area contributed by atoms with Gasteiger partial charge in [0.15, 0.2) is 0 Å². The van der Waals surface area contributed by atoms with Crippen molar-refractivity contribution in [3.05, 3.63) is 24.0 Å². The molecule has 2 N–H and O–H groups in total. The molecule has 0 spiro atoms. The van der Waals surface area contributed by atoms with Crippen LogP contribution in [-0.4, -0.2) is 27.4 Å². The zero-order chi connectivity index (χ0) is 11.6. The van der Waals surface area contributed by atoms with Gasteiger partial charge in [0.2, 0.25) is 0 Å². The first kappa shape index (κ1) is 11.2. The van der Waals surface area contributed by atoms with Crippen molar-refractivity contribution in [2.75, 3.05) is 5.88 Å². The molecule has 1 heterocycles. The Labute approximate surface area is 98.6 Å². The first-order valence-electron chi connectivity index (χ1n) is 5.18. The fraction of sp³-hybridized carbons (Fsp3) is 0.455. The number of hydrogen-bond donors (Lipinski definition) is 2. The van der Waals surface area contributed by atoms with Crippen LogP contribution in [-0.2, 0) is 0 Å². The second kappa shape index (κ2) is 4.29. The fourth-order valence-electron chi connectivity index (χ4n) is 1.78. The Balaban J connectivity index is 2.11. The van der Waals surface area contributed by atoms with Gasteiger partial charge in [0.1, 0.15) is 5.75 Å². The number of carbonyl (C=O) groups is 1. The number of alkyl halides is 1. The van der Waals surface area contributed by atoms with Gasteiger partial charge in [0.05, 0.1) is 17.3 Å². The summed E-state index contributed by atoms with van der Waals surface area (Å²) in [5, 5.41) is 12.4. The molecule has 1 aromatic heterocycles. The lowest BCUT2D eigenvalue weighted by Gasteiger charge is -2.41. The van der Waals surface area contributed by atoms with Gasteiger partial charge in [-0.05, 0) is 25.3 Å². The first-order valence-corrected chi connectivity index (χ1v) is 5.72. The van der Waals surface area contributed by atoms with Gasteiger partial charge in [0.25, 0.3) is 5.91 Å². The molecule has 1 aliphatic rings. The number of halogens is 1. The second-order valence-corrected chi connectivity index (χ2v) is 4.38. The monoisotopic (exact) mass is 240 g/mol. The van der Waals surface area contributed by atoms with Crippen molar-refractivity contribution >= 4 is 17.5 Å². The van der Waals surface area contributed by atoms with Gasteiger partial charge >= 0.3 is 0 Å². The highest BCUT2D eigenvalue weighted by molar-refractivity contribution is 6.19. The normalized spacial score (nSPS) is 17.6. The van der Waals surface area contributed by atoms with E-state index in [2.05, 4.69) is 10.3 Å². The molecule has 1 aliphatic carbocycles. The minimum Gasteiger partial charge on any atom is -0.505 e. The third-order valence-electron chi connectivity index (χ3n) is 2.99. The zero-order valence-electron chi connectivity index (χ0n) is 8.74. The second-order valence-electron chi connectivity index (χ2n) is 4.11. The lowest BCUT2D eigenvalue weighted by molar-refractivity contribution is 0.0851. The Morgan fingerprint density at radius 2 is 2.38 bits per heavy atom. The van der Waals surface area contributed by atoms with E-state index in [4.69, 9.17) is 11.6 Å². The summed E-state index contributed by atoms with van der Waals surface area (Å²) in [6.45, 7) is 0. The molecular formula is C11H13ClN2O2. The third kappa shape index (κ3) is 1.97. The summed E-state index contributed by atoms with van der Waals surface area (Å²) in [4.78, 5) is 15.6. The minimum atomic E-state index is -0.291. The molecule has 86 valence electrons. The third-order valence-corrected chi connectivity index (χ3v) is 3.50. The van der Waals surface area contributed by atoms with Crippen molar-refractivity contribution in [3.8, 4) is 5.75 Å². The van der Waals surface area contributed by atoms with Gasteiger partial charge in [0, 0.05) is 12.1 Å². The van der Waals surface area contributed by atoms with E-state index in [1.165, 1.54) is 18.5 Å². The van der Waals surface area contributed by atoms with Crippen molar-refractivity contribution in [1.82, 2.24) is 10.3 Å². The van der Waals surface area contributed by atoms with Gasteiger partial charge in [-0.25, -0.2) is 0 Å². The molecule has 1 aromatic rings. The Bertz CT molecular complexity index is 399. The molecule has 0 saturated heterocycles. The van der Waals surface area contributed by atoms with E-state index in [0.29, 0.717) is 5.88 Å². The number of hydrogen-bond acceptors (Lipinski definition) is 3. The number of aromatic hydroxyl groups is 1. The molecule has 0 unspecified atom stereocenters. The molecule has 1 fully saturated rings. The van der Waals surface area contributed by atoms with Crippen LogP contribution in [0.5, 0.6) is 5.75 Å². The van der Waals surface area contributed by atoms with Crippen LogP contribution >= 0.6 is 11.6 Å². The number of pyridine rings is 1. The van der Waals surface area contributed by atoms with Crippen molar-refractivity contribution in [2.24, 2.45) is 0 Å². The summed E-state index contributed by atoms with van der Waals surface area (Å²) in [5.41, 5.74) is -0.0414. The van der Waals surface area contributed by atoms with Crippen LogP contribution in [0.25, 0.3) is 0 Å². The summed E-state index contributed by atoms with van der Waals surface area (Å²) in [6, 6.07) is 1.49. The minimum absolute atomic E-state index is 0.107. The number of nitrogens with one attached hydrogen (secondary N) is 1. The summed E-state index contributed by atoms with van der Waals surface area (Å²) in [5.74, 6) is 0.00853. The van der Waals surface area contributed by atoms with E-state index in [-0.39, 0.29) is 22.8 Å². The average molecular weight is 241 g/mol. The van der Waals surface area contributed by atoms with Crippen LogP contribution in [0, 0.1) is 0 Å². The molecule has 0 atom stereocenters. The topological polar surface area (TPSA) is 62.2 Å². The molecule has 1 saturated carbocycles. The van der Waals surface area contributed by atoms with Gasteiger partial charge in [-0.1, -0.05) is 0 Å². The average Bonchev–Trinajstić information content (AvgIpc) is 2.24. The molecule has 0 aromatic carbocycles. The van der Waals surface area contributed by atoms with Crippen LogP contribution in [0.4, 0.5) is 0 Å². The van der Waals surface area contributed by atoms with Crippen LogP contribution in [0.3, 0.4) is 0 Å². The molecule has 16 heavy (non-hydrogen) atoms. The lowest BCUT2D eigenvalue weighted by atomic mass is 9.78. The van der Waals surface area contributed by atoms with Gasteiger partial charge in [-0.15, -0.1) is 11.6 Å². The van der Waals surface area contributed by atoms with Crippen LogP contribution < -0.4 is 5.32 Å². The van der Waals surface area contributed by atoms with E-state index in [0.717, 1.165) is 19.3 Å². The maximum absolute atomic E-state index is 11.9. The van der Waals surface area contributed by atoms with Crippen molar-refractivity contribution in [2.45, 2.75) is 24.8 Å². The molecule has 5 heteroatoms. The van der Waals surface area contributed by atoms with Gasteiger partial charge in [-0.3, -0.25) is 9.78 Å². The highest BCUT2D eigenvalue weighted by Gasteiger charge is 2.37. The van der Waals surface area contributed by atoms with E-state index >= 15 is 0 Å². The Morgan fingerprint density at radius 3 is 2.88 bits per heavy atom. The van der Waals surface area contributed by atoms with Crippen LogP contribution in [0.15, 0.2) is 18.5 Å². The summed E-state index contributed by atoms with van der Waals surface area (Å²) in [7, 11) is 0. The standard InChI is InChI=1S/C11H13ClN2O2/c12-7-11(3-1-4-11)14-10(16)8-2-5-13-6-9(8)15/h2,5-6,15H,1,3-4,7H2,(H,14,16). The Hall–Kier alpha value is -1.29. The maximum atomic E-state index is 11.9. The van der Waals surface area contributed by atoms with E-state index in [1.54, 1.807) is 0 Å². The first-order chi connectivity index (χ1) is 7.67. The molecular weight excluding hydrogens is 228 g/mol. The van der Waals surface area contributed by atoms with Crippen LogP contribution in [0.1, 0.15) is 29.6 Å². The molecule has 2 rings (SSSR count). The predicted octanol–water partition coefficient (Wildman–Crippen LogP) is 1.68. The number of amides is 1. The quantitative estimate of drug-likeness (QED) is 0.791. The summed E-state index contributed by atoms with van der Waals surface area (Å²) >= 11 is 5.84. The lowest BCUT2D eigenvalue weighted by Crippen LogP contribution is -2.55. The predicted molar refractivity (Wildman–Crippen MR) is 60.7 cm³/mol. The molecule has 0 aliphatic heterocycles. The SMILES string of the molecule is O=C(NC1(CCl)CCC1)c1ccncc1O. The van der Waals surface area contributed by atoms with E-state index < -0.39 is 0 Å². The Kier molecular flexibility index (Phi) is 3.01. The van der Waals surface area contributed by atoms with Gasteiger partial charge < -0.3 is 10.4 Å². The largest absolute Gasteiger partial charge is 0.505 e. The maximum Gasteiger partial charge on any atom is 0.255 e. The number of nitrogens with zero attached hydrogens (tertiary/aromatic N) is 1. The number of rotatable bonds is 3. The highest BCUT2D eigenvalue weighted by atomic mass is 35.5. The molecule has 0 radical (unpaired) electrons. The fourth-order valence-corrected chi connectivity index (χ4v) is 2.12. The molecule has 0 bridgehead atoms. The van der Waals surface area contributed by atoms with Crippen molar-refractivity contribution in [3.63, 3.8) is 0 Å². The van der Waals surface area contributed by atoms with E-state index in [9.17, 15) is 9.90 Å². The van der Waals surface area contributed by atoms with Gasteiger partial charge in [-0.2, -0.15) is 0 Å². The van der Waals surface area contributed by atoms with Crippen LogP contribution in [0.2, 0.25) is 0 Å². The Morgan fingerprint density at radius 1 is 1.62 bits per heavy atom. The zero-order valence-corrected chi connectivity index (χ0v) is 9.50. The number of aromatic nitrogens is 1. The molecule has 4 nitrogen and oxygen atoms in total.